The van der Waals surface area contributed by atoms with E-state index in [4.69, 9.17) is 0 Å². The fourth-order valence-electron chi connectivity index (χ4n) is 2.31. The lowest BCUT2D eigenvalue weighted by molar-refractivity contribution is 0.0694. The average Bonchev–Trinajstić information content (AvgIpc) is 2.33. The van der Waals surface area contributed by atoms with Gasteiger partial charge in [0.2, 0.25) is 0 Å². The Labute approximate surface area is 96.9 Å². The van der Waals surface area contributed by atoms with Crippen molar-refractivity contribution in [1.82, 2.24) is 10.3 Å². The van der Waals surface area contributed by atoms with E-state index in [1.165, 1.54) is 12.8 Å². The van der Waals surface area contributed by atoms with Crippen molar-refractivity contribution < 1.29 is 5.11 Å². The van der Waals surface area contributed by atoms with Gasteiger partial charge >= 0.3 is 0 Å². The molecule has 88 valence electrons. The molecule has 3 heteroatoms. The van der Waals surface area contributed by atoms with Gasteiger partial charge in [0, 0.05) is 19.3 Å². The average molecular weight is 220 g/mol. The maximum Gasteiger partial charge on any atom is 0.0580 e. The first kappa shape index (κ1) is 11.6. The van der Waals surface area contributed by atoms with Gasteiger partial charge in [-0.2, -0.15) is 0 Å². The van der Waals surface area contributed by atoms with E-state index in [1.807, 2.05) is 24.4 Å². The highest BCUT2D eigenvalue weighted by Crippen LogP contribution is 2.23. The largest absolute Gasteiger partial charge is 0.393 e. The van der Waals surface area contributed by atoms with Gasteiger partial charge in [0.1, 0.15) is 0 Å². The molecule has 0 saturated heterocycles. The van der Waals surface area contributed by atoms with E-state index in [0.717, 1.165) is 31.6 Å². The van der Waals surface area contributed by atoms with Gasteiger partial charge in [-0.3, -0.25) is 4.98 Å². The fourth-order valence-corrected chi connectivity index (χ4v) is 2.31. The van der Waals surface area contributed by atoms with E-state index in [-0.39, 0.29) is 6.10 Å². The number of rotatable bonds is 4. The van der Waals surface area contributed by atoms with Crippen LogP contribution in [-0.2, 0) is 6.54 Å². The Balaban J connectivity index is 1.71. The van der Waals surface area contributed by atoms with Crippen LogP contribution >= 0.6 is 0 Å². The number of nitrogens with zero attached hydrogens (tertiary/aromatic N) is 1. The van der Waals surface area contributed by atoms with Crippen LogP contribution < -0.4 is 5.32 Å². The molecule has 1 fully saturated rings. The van der Waals surface area contributed by atoms with Crippen LogP contribution in [0.2, 0.25) is 0 Å². The lowest BCUT2D eigenvalue weighted by Gasteiger charge is -2.27. The first-order valence-corrected chi connectivity index (χ1v) is 6.15. The van der Waals surface area contributed by atoms with Crippen LogP contribution in [0.15, 0.2) is 24.4 Å². The molecule has 1 aromatic heterocycles. The predicted molar refractivity (Wildman–Crippen MR) is 63.9 cm³/mol. The molecule has 1 aliphatic carbocycles. The highest BCUT2D eigenvalue weighted by Gasteiger charge is 2.22. The van der Waals surface area contributed by atoms with Gasteiger partial charge in [-0.1, -0.05) is 18.9 Å². The van der Waals surface area contributed by atoms with Crippen molar-refractivity contribution in [2.24, 2.45) is 5.92 Å². The zero-order valence-electron chi connectivity index (χ0n) is 9.60. The monoisotopic (exact) mass is 220 g/mol. The van der Waals surface area contributed by atoms with Gasteiger partial charge < -0.3 is 10.4 Å². The molecule has 3 nitrogen and oxygen atoms in total. The number of aliphatic hydroxyl groups is 1. The van der Waals surface area contributed by atoms with Crippen molar-refractivity contribution in [3.63, 3.8) is 0 Å². The number of nitrogens with one attached hydrogen (secondary N) is 1. The maximum absolute atomic E-state index is 9.81. The fraction of sp³-hybridized carbons (Fsp3) is 0.615. The molecule has 1 aromatic rings. The Hall–Kier alpha value is -0.930. The molecule has 16 heavy (non-hydrogen) atoms. The highest BCUT2D eigenvalue weighted by molar-refractivity contribution is 5.02. The number of hydrogen-bond donors (Lipinski definition) is 2. The van der Waals surface area contributed by atoms with E-state index in [2.05, 4.69) is 10.3 Å². The first-order valence-electron chi connectivity index (χ1n) is 6.15. The summed E-state index contributed by atoms with van der Waals surface area (Å²) in [5.74, 6) is 0.428. The molecule has 2 N–H and O–H groups in total. The van der Waals surface area contributed by atoms with Crippen molar-refractivity contribution in [3.05, 3.63) is 30.1 Å². The quantitative estimate of drug-likeness (QED) is 0.812. The topological polar surface area (TPSA) is 45.1 Å². The van der Waals surface area contributed by atoms with Crippen LogP contribution in [0.4, 0.5) is 0 Å². The van der Waals surface area contributed by atoms with Gasteiger partial charge in [0.05, 0.1) is 11.8 Å². The zero-order chi connectivity index (χ0) is 11.2. The van der Waals surface area contributed by atoms with Crippen molar-refractivity contribution in [1.29, 1.82) is 0 Å². The molecular formula is C13H20N2O. The van der Waals surface area contributed by atoms with Gasteiger partial charge in [-0.25, -0.2) is 0 Å². The van der Waals surface area contributed by atoms with Crippen LogP contribution in [-0.4, -0.2) is 22.7 Å². The van der Waals surface area contributed by atoms with Gasteiger partial charge in [-0.05, 0) is 30.9 Å². The Morgan fingerprint density at radius 2 is 2.19 bits per heavy atom. The first-order chi connectivity index (χ1) is 7.86. The summed E-state index contributed by atoms with van der Waals surface area (Å²) in [7, 11) is 0. The minimum Gasteiger partial charge on any atom is -0.393 e. The van der Waals surface area contributed by atoms with Crippen molar-refractivity contribution in [2.75, 3.05) is 6.54 Å². The normalized spacial score (nSPS) is 25.6. The molecule has 0 amide bonds. The summed E-state index contributed by atoms with van der Waals surface area (Å²) < 4.78 is 0. The molecule has 1 aliphatic rings. The third-order valence-electron chi connectivity index (χ3n) is 3.31. The third kappa shape index (κ3) is 3.29. The summed E-state index contributed by atoms with van der Waals surface area (Å²) in [4.78, 5) is 4.26. The minimum atomic E-state index is -0.106. The molecule has 2 unspecified atom stereocenters. The van der Waals surface area contributed by atoms with Crippen molar-refractivity contribution >= 4 is 0 Å². The molecular weight excluding hydrogens is 200 g/mol. The number of aromatic nitrogens is 1. The second-order valence-electron chi connectivity index (χ2n) is 4.56. The summed E-state index contributed by atoms with van der Waals surface area (Å²) in [5, 5.41) is 13.2. The van der Waals surface area contributed by atoms with Crippen LogP contribution in [0, 0.1) is 5.92 Å². The molecule has 1 heterocycles. The van der Waals surface area contributed by atoms with Crippen molar-refractivity contribution in [3.8, 4) is 0 Å². The molecule has 0 aromatic carbocycles. The molecule has 2 atom stereocenters. The minimum absolute atomic E-state index is 0.106. The predicted octanol–water partition coefficient (Wildman–Crippen LogP) is 1.72. The van der Waals surface area contributed by atoms with E-state index in [1.54, 1.807) is 0 Å². The lowest BCUT2D eigenvalue weighted by Crippen LogP contribution is -2.33. The molecule has 0 radical (unpaired) electrons. The lowest BCUT2D eigenvalue weighted by atomic mass is 9.86. The van der Waals surface area contributed by atoms with Gasteiger partial charge in [0.25, 0.3) is 0 Å². The van der Waals surface area contributed by atoms with E-state index >= 15 is 0 Å². The Kier molecular flexibility index (Phi) is 4.31. The molecule has 0 spiro atoms. The second-order valence-corrected chi connectivity index (χ2v) is 4.56. The second kappa shape index (κ2) is 5.97. The number of pyridine rings is 1. The maximum atomic E-state index is 9.81. The summed E-state index contributed by atoms with van der Waals surface area (Å²) in [5.41, 5.74) is 1.06. The van der Waals surface area contributed by atoms with E-state index < -0.39 is 0 Å². The molecule has 0 bridgehead atoms. The Morgan fingerprint density at radius 3 is 2.94 bits per heavy atom. The summed E-state index contributed by atoms with van der Waals surface area (Å²) in [6.45, 7) is 1.70. The van der Waals surface area contributed by atoms with E-state index in [9.17, 15) is 5.11 Å². The SMILES string of the molecule is OC1CCCCC1CNCc1ccccn1. The Bertz CT molecular complexity index is 302. The van der Waals surface area contributed by atoms with E-state index in [0.29, 0.717) is 5.92 Å². The van der Waals surface area contributed by atoms with Crippen LogP contribution in [0.5, 0.6) is 0 Å². The van der Waals surface area contributed by atoms with Crippen LogP contribution in [0.25, 0.3) is 0 Å². The molecule has 2 rings (SSSR count). The van der Waals surface area contributed by atoms with Crippen LogP contribution in [0.3, 0.4) is 0 Å². The summed E-state index contributed by atoms with van der Waals surface area (Å²) in [6, 6.07) is 5.94. The number of hydrogen-bond acceptors (Lipinski definition) is 3. The Morgan fingerprint density at radius 1 is 1.31 bits per heavy atom. The standard InChI is InChI=1S/C13H20N2O/c16-13-7-2-1-5-11(13)9-14-10-12-6-3-4-8-15-12/h3-4,6,8,11,13-14,16H,1-2,5,7,9-10H2. The van der Waals surface area contributed by atoms with Gasteiger partial charge in [0.15, 0.2) is 0 Å². The summed E-state index contributed by atoms with van der Waals surface area (Å²) in [6.07, 6.45) is 6.26. The van der Waals surface area contributed by atoms with Crippen molar-refractivity contribution in [2.45, 2.75) is 38.3 Å². The molecule has 1 saturated carbocycles. The zero-order valence-corrected chi connectivity index (χ0v) is 9.60. The van der Waals surface area contributed by atoms with Gasteiger partial charge in [-0.15, -0.1) is 0 Å². The number of aliphatic hydroxyl groups excluding tert-OH is 1. The highest BCUT2D eigenvalue weighted by atomic mass is 16.3. The van der Waals surface area contributed by atoms with Crippen LogP contribution in [0.1, 0.15) is 31.4 Å². The third-order valence-corrected chi connectivity index (χ3v) is 3.31. The summed E-state index contributed by atoms with van der Waals surface area (Å²) >= 11 is 0. The molecule has 0 aliphatic heterocycles. The smallest absolute Gasteiger partial charge is 0.0580 e.